The minimum Gasteiger partial charge on any atom is -0.375 e. The number of rotatable bonds is 6. The van der Waals surface area contributed by atoms with E-state index in [-0.39, 0.29) is 10.9 Å². The first-order valence-corrected chi connectivity index (χ1v) is 11.5. The Morgan fingerprint density at radius 1 is 1.12 bits per heavy atom. The third-order valence-electron chi connectivity index (χ3n) is 6.51. The second-order valence-corrected chi connectivity index (χ2v) is 9.23. The number of nitrogens with one attached hydrogen (secondary N) is 1. The summed E-state index contributed by atoms with van der Waals surface area (Å²) in [6.45, 7) is 3.47. The molecule has 8 heteroatoms. The number of hydrazone groups is 1. The van der Waals surface area contributed by atoms with Crippen LogP contribution in [0.3, 0.4) is 0 Å². The van der Waals surface area contributed by atoms with Crippen molar-refractivity contribution in [3.63, 3.8) is 0 Å². The number of halogens is 1. The van der Waals surface area contributed by atoms with Crippen molar-refractivity contribution in [1.82, 2.24) is 10.3 Å². The number of nitrogens with zero attached hydrogens (tertiary/aromatic N) is 4. The molecule has 0 aromatic heterocycles. The van der Waals surface area contributed by atoms with Gasteiger partial charge in [-0.3, -0.25) is 5.43 Å². The topological polar surface area (TPSA) is 60.1 Å². The molecule has 0 radical (unpaired) electrons. The lowest BCUT2D eigenvalue weighted by Gasteiger charge is -2.26. The van der Waals surface area contributed by atoms with Crippen LogP contribution in [-0.4, -0.2) is 62.5 Å². The van der Waals surface area contributed by atoms with Crippen molar-refractivity contribution >= 4 is 34.9 Å². The van der Waals surface area contributed by atoms with Gasteiger partial charge in [-0.1, -0.05) is 30.3 Å². The van der Waals surface area contributed by atoms with Gasteiger partial charge in [0.05, 0.1) is 11.9 Å². The average Bonchev–Trinajstić information content (AvgIpc) is 3.45. The molecule has 0 saturated carbocycles. The van der Waals surface area contributed by atoms with Crippen LogP contribution < -0.4 is 21.0 Å². The predicted octanol–water partition coefficient (Wildman–Crippen LogP) is 3.13. The quantitative estimate of drug-likeness (QED) is 0.397. The summed E-state index contributed by atoms with van der Waals surface area (Å²) in [5.74, 6) is 0.183. The van der Waals surface area contributed by atoms with Gasteiger partial charge in [0.25, 0.3) is 0 Å². The van der Waals surface area contributed by atoms with E-state index < -0.39 is 0 Å². The van der Waals surface area contributed by atoms with Gasteiger partial charge in [-0.15, -0.1) is 0 Å². The molecule has 2 atom stereocenters. The molecule has 170 valence electrons. The van der Waals surface area contributed by atoms with Crippen LogP contribution in [0.2, 0.25) is 0 Å². The van der Waals surface area contributed by atoms with Crippen molar-refractivity contribution in [3.8, 4) is 0 Å². The molecule has 2 aromatic carbocycles. The molecule has 2 aliphatic heterocycles. The molecule has 4 rings (SSSR count). The van der Waals surface area contributed by atoms with Gasteiger partial charge >= 0.3 is 0 Å². The Morgan fingerprint density at radius 3 is 2.53 bits per heavy atom. The van der Waals surface area contributed by atoms with E-state index in [0.29, 0.717) is 23.2 Å². The Bertz CT molecular complexity index is 980. The molecule has 0 spiro atoms. The van der Waals surface area contributed by atoms with Crippen LogP contribution in [0.1, 0.15) is 29.9 Å². The molecule has 6 nitrogen and oxygen atoms in total. The predicted molar refractivity (Wildman–Crippen MR) is 134 cm³/mol. The molecule has 0 bridgehead atoms. The van der Waals surface area contributed by atoms with Crippen LogP contribution in [0.5, 0.6) is 0 Å². The van der Waals surface area contributed by atoms with E-state index in [2.05, 4.69) is 63.6 Å². The highest BCUT2D eigenvalue weighted by Crippen LogP contribution is 2.36. The highest BCUT2D eigenvalue weighted by Gasteiger charge is 2.29. The second kappa shape index (κ2) is 9.83. The van der Waals surface area contributed by atoms with E-state index in [0.717, 1.165) is 44.7 Å². The number of thiocarbonyl (C=S) groups is 1. The van der Waals surface area contributed by atoms with Crippen LogP contribution in [0.15, 0.2) is 47.6 Å². The van der Waals surface area contributed by atoms with E-state index in [1.165, 1.54) is 5.56 Å². The van der Waals surface area contributed by atoms with Gasteiger partial charge in [-0.2, -0.15) is 5.10 Å². The molecule has 2 fully saturated rings. The maximum Gasteiger partial charge on any atom is 0.184 e. The summed E-state index contributed by atoms with van der Waals surface area (Å²) in [5, 5.41) is 4.17. The molecule has 32 heavy (non-hydrogen) atoms. The van der Waals surface area contributed by atoms with Gasteiger partial charge < -0.3 is 20.4 Å². The molecule has 2 aliphatic rings. The van der Waals surface area contributed by atoms with Crippen LogP contribution in [0.25, 0.3) is 0 Å². The molecule has 2 heterocycles. The van der Waals surface area contributed by atoms with E-state index in [1.54, 1.807) is 12.3 Å². The third-order valence-corrected chi connectivity index (χ3v) is 6.60. The molecule has 3 N–H and O–H groups in total. The van der Waals surface area contributed by atoms with Crippen LogP contribution in [-0.2, 0) is 0 Å². The molecule has 2 saturated heterocycles. The highest BCUT2D eigenvalue weighted by atomic mass is 32.1. The minimum absolute atomic E-state index is 0.0813. The van der Waals surface area contributed by atoms with Crippen molar-refractivity contribution in [2.24, 2.45) is 10.8 Å². The third kappa shape index (κ3) is 5.02. The van der Waals surface area contributed by atoms with Gasteiger partial charge in [0.2, 0.25) is 0 Å². The van der Waals surface area contributed by atoms with Gasteiger partial charge in [0.1, 0.15) is 5.82 Å². The normalized spacial score (nSPS) is 21.1. The number of hydrogen-bond donors (Lipinski definition) is 2. The van der Waals surface area contributed by atoms with E-state index in [4.69, 9.17) is 18.0 Å². The van der Waals surface area contributed by atoms with Gasteiger partial charge in [-0.05, 0) is 56.9 Å². The summed E-state index contributed by atoms with van der Waals surface area (Å²) in [5.41, 5.74) is 11.7. The van der Waals surface area contributed by atoms with E-state index in [1.807, 2.05) is 12.1 Å². The van der Waals surface area contributed by atoms with Crippen LogP contribution in [0, 0.1) is 5.82 Å². The summed E-state index contributed by atoms with van der Waals surface area (Å²) >= 11 is 4.82. The first-order chi connectivity index (χ1) is 15.4. The van der Waals surface area contributed by atoms with Gasteiger partial charge in [-0.25, -0.2) is 4.39 Å². The molecular weight excluding hydrogens is 423 g/mol. The summed E-state index contributed by atoms with van der Waals surface area (Å²) in [6.07, 6.45) is 3.69. The number of likely N-dealkylation sites (N-methyl/N-ethyl adjacent to an activating group) is 1. The van der Waals surface area contributed by atoms with Gasteiger partial charge in [0, 0.05) is 49.4 Å². The first kappa shape index (κ1) is 22.5. The Balaban J connectivity index is 1.62. The van der Waals surface area contributed by atoms with Gasteiger partial charge in [0.15, 0.2) is 5.11 Å². The minimum atomic E-state index is -0.234. The fraction of sp³-hybridized carbons (Fsp3) is 0.417. The standard InChI is InChI=1S/C24H31FN6S/c1-29(2)20-9-11-31(16-20)22-13-23(21(25)12-19(22)14-27-28-24(26)32)30-10-8-18(15-30)17-6-4-3-5-7-17/h3-7,12-14,18,20H,8-11,15-16H2,1-2H3,(H3,26,28,32)/t18?,20-/m1/s1. The number of anilines is 2. The molecular formula is C24H31FN6S. The van der Waals surface area contributed by atoms with Crippen molar-refractivity contribution in [1.29, 1.82) is 0 Å². The highest BCUT2D eigenvalue weighted by molar-refractivity contribution is 7.80. The average molecular weight is 455 g/mol. The molecule has 2 aromatic rings. The Kier molecular flexibility index (Phi) is 6.91. The van der Waals surface area contributed by atoms with Crippen molar-refractivity contribution < 1.29 is 4.39 Å². The Labute approximate surface area is 194 Å². The SMILES string of the molecule is CN(C)[C@@H]1CCN(c2cc(N3CCC(c4ccccc4)C3)c(F)cc2C=NNC(N)=S)C1. The lowest BCUT2D eigenvalue weighted by Crippen LogP contribution is -2.32. The summed E-state index contributed by atoms with van der Waals surface area (Å²) in [7, 11) is 4.21. The lowest BCUT2D eigenvalue weighted by molar-refractivity contribution is 0.315. The fourth-order valence-electron chi connectivity index (χ4n) is 4.71. The fourth-order valence-corrected chi connectivity index (χ4v) is 4.76. The Morgan fingerprint density at radius 2 is 1.84 bits per heavy atom. The zero-order valence-electron chi connectivity index (χ0n) is 18.7. The molecule has 1 unspecified atom stereocenters. The summed E-state index contributed by atoms with van der Waals surface area (Å²) < 4.78 is 15.3. The van der Waals surface area contributed by atoms with E-state index >= 15 is 4.39 Å². The largest absolute Gasteiger partial charge is 0.375 e. The van der Waals surface area contributed by atoms with Crippen LogP contribution in [0.4, 0.5) is 15.8 Å². The number of nitrogens with two attached hydrogens (primary N) is 1. The lowest BCUT2D eigenvalue weighted by atomic mass is 9.99. The van der Waals surface area contributed by atoms with Crippen molar-refractivity contribution in [2.45, 2.75) is 24.8 Å². The zero-order valence-corrected chi connectivity index (χ0v) is 19.5. The number of benzene rings is 2. The van der Waals surface area contributed by atoms with Crippen molar-refractivity contribution in [2.75, 3.05) is 50.1 Å². The Hall–Kier alpha value is -2.71. The monoisotopic (exact) mass is 454 g/mol. The number of hydrogen-bond acceptors (Lipinski definition) is 5. The second-order valence-electron chi connectivity index (χ2n) is 8.79. The van der Waals surface area contributed by atoms with E-state index in [9.17, 15) is 0 Å². The molecule has 0 amide bonds. The molecule has 0 aliphatic carbocycles. The van der Waals surface area contributed by atoms with Crippen molar-refractivity contribution in [3.05, 3.63) is 59.4 Å². The van der Waals surface area contributed by atoms with Crippen LogP contribution >= 0.6 is 12.2 Å². The maximum atomic E-state index is 15.3. The summed E-state index contributed by atoms with van der Waals surface area (Å²) in [4.78, 5) is 6.74. The first-order valence-electron chi connectivity index (χ1n) is 11.1. The summed E-state index contributed by atoms with van der Waals surface area (Å²) in [6, 6.07) is 14.5. The maximum absolute atomic E-state index is 15.3. The smallest absolute Gasteiger partial charge is 0.184 e. The zero-order chi connectivity index (χ0) is 22.7.